The average molecular weight is 173 g/mol. The molecule has 0 saturated carbocycles. The second-order valence-electron chi connectivity index (χ2n) is 1.02. The van der Waals surface area contributed by atoms with E-state index in [4.69, 9.17) is 23.2 Å². The van der Waals surface area contributed by atoms with Gasteiger partial charge in [-0.05, 0) is 23.2 Å². The second kappa shape index (κ2) is 4.41. The summed E-state index contributed by atoms with van der Waals surface area (Å²) in [5.74, 6) is 0. The van der Waals surface area contributed by atoms with Crippen molar-refractivity contribution in [3.8, 4) is 0 Å². The van der Waals surface area contributed by atoms with E-state index in [0.29, 0.717) is 0 Å². The smallest absolute Gasteiger partial charge is 0.206 e. The molecule has 0 spiro atoms. The predicted molar refractivity (Wildman–Crippen MR) is 35.6 cm³/mol. The van der Waals surface area contributed by atoms with E-state index in [9.17, 15) is 0 Å². The molecule has 0 bridgehead atoms. The largest absolute Gasteiger partial charge is 0.226 e. The molecule has 0 aliphatic rings. The maximum Gasteiger partial charge on any atom is 0.226 e. The van der Waals surface area contributed by atoms with E-state index in [2.05, 4.69) is 15.0 Å². The van der Waals surface area contributed by atoms with Crippen LogP contribution in [0.15, 0.2) is 6.33 Å². The quantitative estimate of drug-likeness (QED) is 0.544. The van der Waals surface area contributed by atoms with Gasteiger partial charge in [-0.25, -0.2) is 9.97 Å². The molecule has 0 atom stereocenters. The molecule has 0 fully saturated rings. The molecule has 9 heavy (non-hydrogen) atoms. The molecule has 1 rings (SSSR count). The maximum absolute atomic E-state index is 5.30. The fraction of sp³-hybridized carbons (Fsp3) is 0. The first kappa shape index (κ1) is 9.59. The Balaban J connectivity index is 0.000000640. The molecule has 0 aliphatic heterocycles. The first-order valence-electron chi connectivity index (χ1n) is 1.79. The molecule has 1 aromatic heterocycles. The first-order valence-corrected chi connectivity index (χ1v) is 2.54. The second-order valence-corrected chi connectivity index (χ2v) is 1.70. The summed E-state index contributed by atoms with van der Waals surface area (Å²) in [5.41, 5.74) is 0. The van der Waals surface area contributed by atoms with Crippen molar-refractivity contribution in [1.82, 2.24) is 15.0 Å². The summed E-state index contributed by atoms with van der Waals surface area (Å²) in [6.45, 7) is 0. The van der Waals surface area contributed by atoms with Crippen LogP contribution in [0.2, 0.25) is 10.6 Å². The first-order chi connectivity index (χ1) is 3.79. The Kier molecular flexibility index (Phi) is 4.70. The molecule has 6 heteroatoms. The molecule has 1 heterocycles. The van der Waals surface area contributed by atoms with E-state index < -0.39 is 0 Å². The van der Waals surface area contributed by atoms with Crippen LogP contribution in [0.25, 0.3) is 0 Å². The van der Waals surface area contributed by atoms with Gasteiger partial charge in [0.15, 0.2) is 0 Å². The fourth-order valence-electron chi connectivity index (χ4n) is 0.258. The maximum atomic E-state index is 5.30. The Hall–Kier alpha value is 0.590. The van der Waals surface area contributed by atoms with Gasteiger partial charge in [0.2, 0.25) is 10.6 Å². The molecule has 1 aromatic rings. The number of halogens is 2. The van der Waals surface area contributed by atoms with Crippen molar-refractivity contribution in [2.75, 3.05) is 0 Å². The molecular weight excluding hydrogens is 172 g/mol. The van der Waals surface area contributed by atoms with Gasteiger partial charge < -0.3 is 0 Å². The van der Waals surface area contributed by atoms with E-state index >= 15 is 0 Å². The molecule has 0 N–H and O–H groups in total. The monoisotopic (exact) mass is 172 g/mol. The zero-order valence-electron chi connectivity index (χ0n) is 4.67. The third-order valence-electron chi connectivity index (χ3n) is 0.513. The molecule has 0 aromatic carbocycles. The molecule has 1 radical (unpaired) electrons. The molecule has 0 aliphatic carbocycles. The van der Waals surface area contributed by atoms with Gasteiger partial charge in [0, 0.05) is 29.6 Å². The molecular formula is C3HCl2N3Na. The van der Waals surface area contributed by atoms with Crippen LogP contribution in [-0.4, -0.2) is 44.5 Å². The van der Waals surface area contributed by atoms with Gasteiger partial charge in [-0.15, -0.1) is 0 Å². The Morgan fingerprint density at radius 1 is 1.11 bits per heavy atom. The van der Waals surface area contributed by atoms with Crippen molar-refractivity contribution in [3.63, 3.8) is 0 Å². The molecule has 3 nitrogen and oxygen atoms in total. The van der Waals surface area contributed by atoms with E-state index in [1.807, 2.05) is 0 Å². The van der Waals surface area contributed by atoms with Gasteiger partial charge in [0.25, 0.3) is 0 Å². The number of aromatic nitrogens is 3. The minimum atomic E-state index is 0. The predicted octanol–water partition coefficient (Wildman–Crippen LogP) is 0.798. The van der Waals surface area contributed by atoms with E-state index in [1.54, 1.807) is 0 Å². The van der Waals surface area contributed by atoms with Crippen molar-refractivity contribution < 1.29 is 0 Å². The minimum Gasteiger partial charge on any atom is -0.206 e. The third kappa shape index (κ3) is 3.33. The average Bonchev–Trinajstić information content (AvgIpc) is 1.64. The summed E-state index contributed by atoms with van der Waals surface area (Å²) in [6, 6.07) is 0. The summed E-state index contributed by atoms with van der Waals surface area (Å²) < 4.78 is 0. The molecule has 0 unspecified atom stereocenters. The van der Waals surface area contributed by atoms with Crippen LogP contribution in [0.3, 0.4) is 0 Å². The number of rotatable bonds is 0. The molecule has 0 saturated heterocycles. The standard InChI is InChI=1S/C3HCl2N3.Na/c4-2-6-1-7-3(5)8-2;/h1H;. The van der Waals surface area contributed by atoms with Crippen molar-refractivity contribution in [2.45, 2.75) is 0 Å². The Morgan fingerprint density at radius 3 is 1.78 bits per heavy atom. The van der Waals surface area contributed by atoms with Gasteiger partial charge in [0.05, 0.1) is 0 Å². The van der Waals surface area contributed by atoms with Crippen LogP contribution in [-0.2, 0) is 0 Å². The van der Waals surface area contributed by atoms with Crippen molar-refractivity contribution in [3.05, 3.63) is 16.9 Å². The van der Waals surface area contributed by atoms with Gasteiger partial charge >= 0.3 is 0 Å². The number of nitrogens with zero attached hydrogens (tertiary/aromatic N) is 3. The summed E-state index contributed by atoms with van der Waals surface area (Å²) in [5, 5.41) is 0.231. The van der Waals surface area contributed by atoms with Crippen molar-refractivity contribution in [1.29, 1.82) is 0 Å². The summed E-state index contributed by atoms with van der Waals surface area (Å²) in [4.78, 5) is 10.5. The number of hydrogen-bond donors (Lipinski definition) is 0. The van der Waals surface area contributed by atoms with Crippen LogP contribution in [0.4, 0.5) is 0 Å². The zero-order valence-corrected chi connectivity index (χ0v) is 8.19. The summed E-state index contributed by atoms with van der Waals surface area (Å²) in [7, 11) is 0. The zero-order chi connectivity index (χ0) is 5.98. The van der Waals surface area contributed by atoms with Crippen molar-refractivity contribution in [2.24, 2.45) is 0 Å². The normalized spacial score (nSPS) is 8.22. The van der Waals surface area contributed by atoms with E-state index in [1.165, 1.54) is 6.33 Å². The van der Waals surface area contributed by atoms with Crippen LogP contribution in [0.1, 0.15) is 0 Å². The van der Waals surface area contributed by atoms with Crippen LogP contribution < -0.4 is 0 Å². The summed E-state index contributed by atoms with van der Waals surface area (Å²) >= 11 is 10.6. The third-order valence-corrected chi connectivity index (χ3v) is 0.877. The van der Waals surface area contributed by atoms with Crippen molar-refractivity contribution >= 4 is 52.8 Å². The van der Waals surface area contributed by atoms with Gasteiger partial charge in [-0.2, -0.15) is 4.98 Å². The van der Waals surface area contributed by atoms with E-state index in [0.717, 1.165) is 0 Å². The SMILES string of the molecule is Clc1ncnc(Cl)n1.[Na]. The Bertz CT molecular complexity index is 177. The van der Waals surface area contributed by atoms with E-state index in [-0.39, 0.29) is 40.1 Å². The topological polar surface area (TPSA) is 38.7 Å². The van der Waals surface area contributed by atoms with Gasteiger partial charge in [0.1, 0.15) is 6.33 Å². The Labute approximate surface area is 84.1 Å². The van der Waals surface area contributed by atoms with Crippen LogP contribution in [0.5, 0.6) is 0 Å². The molecule has 0 amide bonds. The Morgan fingerprint density at radius 2 is 1.56 bits per heavy atom. The number of hydrogen-bond acceptors (Lipinski definition) is 3. The fourth-order valence-corrected chi connectivity index (χ4v) is 0.549. The van der Waals surface area contributed by atoms with Gasteiger partial charge in [-0.3, -0.25) is 0 Å². The van der Waals surface area contributed by atoms with Crippen LogP contribution >= 0.6 is 23.2 Å². The molecule has 43 valence electrons. The minimum absolute atomic E-state index is 0. The summed E-state index contributed by atoms with van der Waals surface area (Å²) in [6.07, 6.45) is 1.25. The van der Waals surface area contributed by atoms with Gasteiger partial charge in [-0.1, -0.05) is 0 Å². The van der Waals surface area contributed by atoms with Crippen LogP contribution in [0, 0.1) is 0 Å².